The average molecular weight is 171 g/mol. The summed E-state index contributed by atoms with van der Waals surface area (Å²) in [7, 11) is -1.42. The van der Waals surface area contributed by atoms with Gasteiger partial charge in [0.2, 0.25) is 0 Å². The summed E-state index contributed by atoms with van der Waals surface area (Å²) in [6.45, 7) is -0.250. The first-order chi connectivity index (χ1) is 4.36. The molecule has 2 N–H and O–H groups in total. The van der Waals surface area contributed by atoms with Gasteiger partial charge in [-0.15, -0.1) is 0 Å². The number of nitrogens with zero attached hydrogens (tertiary/aromatic N) is 1. The third-order valence-corrected chi connectivity index (χ3v) is 1.38. The van der Waals surface area contributed by atoms with Crippen LogP contribution in [0.3, 0.4) is 0 Å². The maximum absolute atomic E-state index is 9.81. The molecule has 0 amide bonds. The van der Waals surface area contributed by atoms with Crippen molar-refractivity contribution in [2.75, 3.05) is 14.1 Å². The molecule has 0 spiro atoms. The molecule has 0 saturated heterocycles. The standard InChI is InChI=1S/C2H7NO3S.CH2O2/c1-3(2)7(4,5)6;2-1-3/h1-2H3,(H,4,5,6);1H,(H,2,3). The van der Waals surface area contributed by atoms with E-state index < -0.39 is 10.3 Å². The highest BCUT2D eigenvalue weighted by Crippen LogP contribution is 1.82. The van der Waals surface area contributed by atoms with E-state index in [4.69, 9.17) is 14.5 Å². The molecule has 0 aromatic heterocycles. The Hall–Kier alpha value is -0.660. The lowest BCUT2D eigenvalue weighted by Crippen LogP contribution is -2.20. The molecule has 0 aliphatic heterocycles. The highest BCUT2D eigenvalue weighted by atomic mass is 32.2. The fraction of sp³-hybridized carbons (Fsp3) is 0.667. The van der Waals surface area contributed by atoms with Crippen molar-refractivity contribution in [2.24, 2.45) is 0 Å². The van der Waals surface area contributed by atoms with E-state index in [-0.39, 0.29) is 6.47 Å². The van der Waals surface area contributed by atoms with Crippen molar-refractivity contribution in [1.29, 1.82) is 0 Å². The normalized spacial score (nSPS) is 10.0. The lowest BCUT2D eigenvalue weighted by atomic mass is 11.3. The smallest absolute Gasteiger partial charge is 0.335 e. The molecule has 0 aliphatic rings. The maximum Gasteiger partial charge on any atom is 0.335 e. The highest BCUT2D eigenvalue weighted by molar-refractivity contribution is 7.83. The fourth-order valence-electron chi connectivity index (χ4n) is 0. The summed E-state index contributed by atoms with van der Waals surface area (Å²) < 4.78 is 28.3. The lowest BCUT2D eigenvalue weighted by Gasteiger charge is -2.00. The van der Waals surface area contributed by atoms with Crippen molar-refractivity contribution >= 4 is 16.8 Å². The largest absolute Gasteiger partial charge is 0.483 e. The molecule has 0 aromatic carbocycles. The molecule has 10 heavy (non-hydrogen) atoms. The highest BCUT2D eigenvalue weighted by Gasteiger charge is 2.03. The molecule has 0 radical (unpaired) electrons. The summed E-state index contributed by atoms with van der Waals surface area (Å²) in [6.07, 6.45) is 0. The molecule has 0 unspecified atom stereocenters. The Balaban J connectivity index is 0. The summed E-state index contributed by atoms with van der Waals surface area (Å²) >= 11 is 0. The quantitative estimate of drug-likeness (QED) is 0.392. The van der Waals surface area contributed by atoms with Crippen molar-refractivity contribution in [3.05, 3.63) is 0 Å². The summed E-state index contributed by atoms with van der Waals surface area (Å²) in [6, 6.07) is 0. The Labute approximate surface area is 59.0 Å². The van der Waals surface area contributed by atoms with Gasteiger partial charge in [-0.05, 0) is 0 Å². The first-order valence-corrected chi connectivity index (χ1v) is 3.48. The van der Waals surface area contributed by atoms with E-state index in [0.29, 0.717) is 4.31 Å². The zero-order valence-electron chi connectivity index (χ0n) is 5.55. The maximum atomic E-state index is 9.81. The molecule has 6 nitrogen and oxygen atoms in total. The van der Waals surface area contributed by atoms with Crippen LogP contribution in [0.1, 0.15) is 0 Å². The van der Waals surface area contributed by atoms with E-state index >= 15 is 0 Å². The second-order valence-electron chi connectivity index (χ2n) is 1.37. The second kappa shape index (κ2) is 5.15. The molecule has 0 saturated carbocycles. The third kappa shape index (κ3) is 10.3. The third-order valence-electron chi connectivity index (χ3n) is 0.461. The van der Waals surface area contributed by atoms with Gasteiger partial charge in [-0.1, -0.05) is 0 Å². The van der Waals surface area contributed by atoms with Crippen molar-refractivity contribution in [1.82, 2.24) is 4.31 Å². The molecule has 0 aromatic rings. The molecule has 0 bridgehead atoms. The summed E-state index contributed by atoms with van der Waals surface area (Å²) in [4.78, 5) is 8.36. The molecule has 0 fully saturated rings. The van der Waals surface area contributed by atoms with E-state index in [1.165, 1.54) is 14.1 Å². The van der Waals surface area contributed by atoms with Gasteiger partial charge in [0.15, 0.2) is 0 Å². The summed E-state index contributed by atoms with van der Waals surface area (Å²) in [5, 5.41) is 6.89. The SMILES string of the molecule is CN(C)S(=O)(=O)O.O=CO. The average Bonchev–Trinajstić information content (AvgIpc) is 1.64. The Morgan fingerprint density at radius 3 is 1.50 bits per heavy atom. The monoisotopic (exact) mass is 171 g/mol. The molecule has 0 atom stereocenters. The van der Waals surface area contributed by atoms with E-state index in [2.05, 4.69) is 0 Å². The van der Waals surface area contributed by atoms with Crippen LogP contribution in [0.2, 0.25) is 0 Å². The predicted molar refractivity (Wildman–Crippen MR) is 33.9 cm³/mol. The van der Waals surface area contributed by atoms with Crippen LogP contribution in [0.25, 0.3) is 0 Å². The topological polar surface area (TPSA) is 94.9 Å². The number of rotatable bonds is 1. The summed E-state index contributed by atoms with van der Waals surface area (Å²) in [5.74, 6) is 0. The lowest BCUT2D eigenvalue weighted by molar-refractivity contribution is -0.122. The number of hydrogen-bond donors (Lipinski definition) is 2. The Morgan fingerprint density at radius 2 is 1.50 bits per heavy atom. The molecule has 0 aliphatic carbocycles. The first kappa shape index (κ1) is 12.1. The minimum atomic E-state index is -3.91. The van der Waals surface area contributed by atoms with E-state index in [9.17, 15) is 8.42 Å². The Kier molecular flexibility index (Phi) is 6.21. The molecule has 0 rings (SSSR count). The molecular formula is C3H9NO5S. The Bertz CT molecular complexity index is 171. The molecular weight excluding hydrogens is 162 g/mol. The van der Waals surface area contributed by atoms with Crippen LogP contribution in [-0.2, 0) is 15.1 Å². The van der Waals surface area contributed by atoms with Gasteiger partial charge >= 0.3 is 10.3 Å². The predicted octanol–water partition coefficient (Wildman–Crippen LogP) is -0.948. The Morgan fingerprint density at radius 1 is 1.40 bits per heavy atom. The molecule has 0 heterocycles. The molecule has 7 heteroatoms. The zero-order chi connectivity index (χ0) is 8.78. The van der Waals surface area contributed by atoms with Gasteiger partial charge in [-0.3, -0.25) is 9.35 Å². The van der Waals surface area contributed by atoms with Crippen LogP contribution < -0.4 is 0 Å². The van der Waals surface area contributed by atoms with Gasteiger partial charge in [0, 0.05) is 14.1 Å². The van der Waals surface area contributed by atoms with Crippen molar-refractivity contribution in [3.8, 4) is 0 Å². The van der Waals surface area contributed by atoms with Gasteiger partial charge in [-0.2, -0.15) is 12.7 Å². The van der Waals surface area contributed by atoms with Crippen LogP contribution >= 0.6 is 0 Å². The van der Waals surface area contributed by atoms with E-state index in [1.807, 2.05) is 0 Å². The minimum absolute atomic E-state index is 0.250. The second-order valence-corrected chi connectivity index (χ2v) is 2.99. The van der Waals surface area contributed by atoms with Crippen LogP contribution in [0.15, 0.2) is 0 Å². The van der Waals surface area contributed by atoms with Crippen LogP contribution in [0.4, 0.5) is 0 Å². The van der Waals surface area contributed by atoms with Crippen LogP contribution in [-0.4, -0.2) is 42.9 Å². The fourth-order valence-corrected chi connectivity index (χ4v) is 0. The van der Waals surface area contributed by atoms with Crippen molar-refractivity contribution in [2.45, 2.75) is 0 Å². The number of carboxylic acid groups (broad SMARTS) is 1. The van der Waals surface area contributed by atoms with E-state index in [1.54, 1.807) is 0 Å². The number of carbonyl (C=O) groups is 1. The van der Waals surface area contributed by atoms with Crippen LogP contribution in [0, 0.1) is 0 Å². The van der Waals surface area contributed by atoms with Gasteiger partial charge in [-0.25, -0.2) is 0 Å². The van der Waals surface area contributed by atoms with E-state index in [0.717, 1.165) is 0 Å². The molecule has 62 valence electrons. The van der Waals surface area contributed by atoms with Crippen molar-refractivity contribution in [3.63, 3.8) is 0 Å². The first-order valence-electron chi connectivity index (χ1n) is 2.09. The van der Waals surface area contributed by atoms with Gasteiger partial charge in [0.05, 0.1) is 0 Å². The van der Waals surface area contributed by atoms with Gasteiger partial charge in [0.25, 0.3) is 6.47 Å². The van der Waals surface area contributed by atoms with Gasteiger partial charge < -0.3 is 5.11 Å². The summed E-state index contributed by atoms with van der Waals surface area (Å²) in [5.41, 5.74) is 0. The van der Waals surface area contributed by atoms with Crippen molar-refractivity contribution < 1.29 is 22.9 Å². The zero-order valence-corrected chi connectivity index (χ0v) is 6.37. The van der Waals surface area contributed by atoms with Gasteiger partial charge in [0.1, 0.15) is 0 Å². The minimum Gasteiger partial charge on any atom is -0.483 e. The number of hydrogen-bond acceptors (Lipinski definition) is 3. The van der Waals surface area contributed by atoms with Crippen LogP contribution in [0.5, 0.6) is 0 Å².